The van der Waals surface area contributed by atoms with E-state index in [1.807, 2.05) is 0 Å². The molecular formula is C16H15N3O6. The first kappa shape index (κ1) is 16.6. The molecule has 0 spiro atoms. The molecule has 0 unspecified atom stereocenters. The van der Waals surface area contributed by atoms with Crippen LogP contribution in [0.1, 0.15) is 30.1 Å². The van der Waals surface area contributed by atoms with Crippen molar-refractivity contribution < 1.29 is 14.8 Å². The number of ketones is 1. The first-order chi connectivity index (χ1) is 11.8. The second-order valence-corrected chi connectivity index (χ2v) is 6.01. The van der Waals surface area contributed by atoms with E-state index >= 15 is 0 Å². The number of benzene rings is 1. The van der Waals surface area contributed by atoms with Crippen LogP contribution in [0.4, 0.5) is 5.69 Å². The highest BCUT2D eigenvalue weighted by Crippen LogP contribution is 2.31. The molecule has 0 radical (unpaired) electrons. The number of carbonyl (C=O) groups excluding carboxylic acids is 1. The molecule has 0 amide bonds. The highest BCUT2D eigenvalue weighted by molar-refractivity contribution is 5.95. The second-order valence-electron chi connectivity index (χ2n) is 6.01. The van der Waals surface area contributed by atoms with Crippen molar-refractivity contribution in [3.8, 4) is 11.6 Å². The zero-order chi connectivity index (χ0) is 18.3. The predicted molar refractivity (Wildman–Crippen MR) is 87.3 cm³/mol. The number of hydrogen-bond acceptors (Lipinski definition) is 6. The van der Waals surface area contributed by atoms with Crippen LogP contribution in [0, 0.1) is 16.0 Å². The molecule has 0 saturated heterocycles. The van der Waals surface area contributed by atoms with Gasteiger partial charge in [-0.25, -0.2) is 9.36 Å². The van der Waals surface area contributed by atoms with Crippen molar-refractivity contribution >= 4 is 11.5 Å². The molecule has 0 aliphatic heterocycles. The van der Waals surface area contributed by atoms with E-state index in [2.05, 4.69) is 0 Å². The number of nitrogens with zero attached hydrogens (tertiary/aromatic N) is 3. The normalized spacial score (nSPS) is 13.6. The van der Waals surface area contributed by atoms with E-state index in [9.17, 15) is 29.6 Å². The number of non-ortho nitro benzene ring substituents is 1. The summed E-state index contributed by atoms with van der Waals surface area (Å²) < 4.78 is 1.67. The summed E-state index contributed by atoms with van der Waals surface area (Å²) in [7, 11) is 0. The molecule has 1 N–H and O–H groups in total. The molecule has 9 nitrogen and oxygen atoms in total. The smallest absolute Gasteiger partial charge is 0.338 e. The molecule has 130 valence electrons. The summed E-state index contributed by atoms with van der Waals surface area (Å²) in [5.74, 6) is -1.15. The van der Waals surface area contributed by atoms with Gasteiger partial charge in [-0.1, -0.05) is 6.07 Å². The monoisotopic (exact) mass is 345 g/mol. The summed E-state index contributed by atoms with van der Waals surface area (Å²) in [5, 5.41) is 21.2. The summed E-state index contributed by atoms with van der Waals surface area (Å²) in [5.41, 5.74) is -2.67. The van der Waals surface area contributed by atoms with Gasteiger partial charge in [0, 0.05) is 18.7 Å². The number of aromatic hydroxyl groups is 1. The van der Waals surface area contributed by atoms with Gasteiger partial charge in [0.2, 0.25) is 5.88 Å². The third-order valence-electron chi connectivity index (χ3n) is 4.11. The Balaban J connectivity index is 2.32. The van der Waals surface area contributed by atoms with Crippen molar-refractivity contribution in [1.82, 2.24) is 9.13 Å². The predicted octanol–water partition coefficient (Wildman–Crippen LogP) is 1.23. The second kappa shape index (κ2) is 6.00. The Hall–Kier alpha value is -3.23. The van der Waals surface area contributed by atoms with Gasteiger partial charge in [-0.3, -0.25) is 24.3 Å². The quantitative estimate of drug-likeness (QED) is 0.493. The minimum Gasteiger partial charge on any atom is -0.494 e. The van der Waals surface area contributed by atoms with E-state index < -0.39 is 33.4 Å². The SMILES string of the molecule is CC(=O)c1c(O)n(CC2CC2)c(=O)n(-c2cccc([N+](=O)[O-])c2)c1=O. The van der Waals surface area contributed by atoms with Crippen LogP contribution < -0.4 is 11.2 Å². The Kier molecular flexibility index (Phi) is 3.99. The van der Waals surface area contributed by atoms with Crippen molar-refractivity contribution in [2.75, 3.05) is 0 Å². The molecule has 1 aliphatic rings. The van der Waals surface area contributed by atoms with Crippen LogP contribution in [-0.4, -0.2) is 24.9 Å². The lowest BCUT2D eigenvalue weighted by Gasteiger charge is -2.14. The molecular weight excluding hydrogens is 330 g/mol. The van der Waals surface area contributed by atoms with E-state index in [0.29, 0.717) is 4.57 Å². The molecule has 0 atom stereocenters. The van der Waals surface area contributed by atoms with E-state index in [0.717, 1.165) is 30.4 Å². The van der Waals surface area contributed by atoms with Gasteiger partial charge in [0.15, 0.2) is 5.78 Å². The lowest BCUT2D eigenvalue weighted by Crippen LogP contribution is -2.41. The Bertz CT molecular complexity index is 1000. The van der Waals surface area contributed by atoms with Crippen LogP contribution in [0.3, 0.4) is 0 Å². The van der Waals surface area contributed by atoms with E-state index in [4.69, 9.17) is 0 Å². The molecule has 1 aromatic heterocycles. The molecule has 1 aromatic carbocycles. The van der Waals surface area contributed by atoms with Crippen molar-refractivity contribution in [2.24, 2.45) is 5.92 Å². The third kappa shape index (κ3) is 2.95. The Morgan fingerprint density at radius 2 is 2.04 bits per heavy atom. The van der Waals surface area contributed by atoms with Gasteiger partial charge in [0.25, 0.3) is 11.2 Å². The summed E-state index contributed by atoms with van der Waals surface area (Å²) in [6.45, 7) is 1.29. The molecule has 1 saturated carbocycles. The first-order valence-electron chi connectivity index (χ1n) is 7.66. The molecule has 1 heterocycles. The molecule has 25 heavy (non-hydrogen) atoms. The topological polar surface area (TPSA) is 124 Å². The molecule has 1 fully saturated rings. The van der Waals surface area contributed by atoms with E-state index in [1.54, 1.807) is 0 Å². The lowest BCUT2D eigenvalue weighted by atomic mass is 10.2. The summed E-state index contributed by atoms with van der Waals surface area (Å²) in [4.78, 5) is 47.4. The third-order valence-corrected chi connectivity index (χ3v) is 4.11. The average Bonchev–Trinajstić information content (AvgIpc) is 3.35. The van der Waals surface area contributed by atoms with Gasteiger partial charge in [-0.2, -0.15) is 0 Å². The zero-order valence-corrected chi connectivity index (χ0v) is 13.3. The molecule has 2 aromatic rings. The van der Waals surface area contributed by atoms with E-state index in [-0.39, 0.29) is 23.8 Å². The van der Waals surface area contributed by atoms with Crippen molar-refractivity contribution in [1.29, 1.82) is 0 Å². The summed E-state index contributed by atoms with van der Waals surface area (Å²) in [6, 6.07) is 5.00. The fraction of sp³-hybridized carbons (Fsp3) is 0.312. The van der Waals surface area contributed by atoms with Gasteiger partial charge in [0.1, 0.15) is 5.56 Å². The average molecular weight is 345 g/mol. The molecule has 9 heteroatoms. The van der Waals surface area contributed by atoms with Crippen LogP contribution in [0.25, 0.3) is 5.69 Å². The number of rotatable bonds is 5. The Morgan fingerprint density at radius 3 is 2.60 bits per heavy atom. The van der Waals surface area contributed by atoms with Crippen LogP contribution >= 0.6 is 0 Å². The highest BCUT2D eigenvalue weighted by Gasteiger charge is 2.28. The molecule has 3 rings (SSSR count). The number of nitro benzene ring substituents is 1. The highest BCUT2D eigenvalue weighted by atomic mass is 16.6. The number of aromatic nitrogens is 2. The van der Waals surface area contributed by atoms with Gasteiger partial charge >= 0.3 is 5.69 Å². The number of hydrogen-bond donors (Lipinski definition) is 1. The van der Waals surface area contributed by atoms with Crippen LogP contribution in [-0.2, 0) is 6.54 Å². The maximum atomic E-state index is 12.7. The minimum atomic E-state index is -0.998. The van der Waals surface area contributed by atoms with Gasteiger partial charge in [-0.05, 0) is 31.7 Å². The largest absolute Gasteiger partial charge is 0.494 e. The van der Waals surface area contributed by atoms with E-state index in [1.165, 1.54) is 18.2 Å². The Labute approximate surface area is 140 Å². The van der Waals surface area contributed by atoms with Crippen LogP contribution in [0.5, 0.6) is 5.88 Å². The maximum Gasteiger partial charge on any atom is 0.338 e. The number of nitro groups is 1. The molecule has 0 bridgehead atoms. The van der Waals surface area contributed by atoms with Gasteiger partial charge < -0.3 is 5.11 Å². The van der Waals surface area contributed by atoms with Gasteiger partial charge in [-0.15, -0.1) is 0 Å². The number of Topliss-reactive ketones (excluding diaryl/α,β-unsaturated/α-hetero) is 1. The van der Waals surface area contributed by atoms with Crippen molar-refractivity contribution in [2.45, 2.75) is 26.3 Å². The number of carbonyl (C=O) groups is 1. The fourth-order valence-corrected chi connectivity index (χ4v) is 2.65. The van der Waals surface area contributed by atoms with Gasteiger partial charge in [0.05, 0.1) is 10.6 Å². The van der Waals surface area contributed by atoms with Crippen molar-refractivity contribution in [3.05, 3.63) is 60.8 Å². The fourth-order valence-electron chi connectivity index (χ4n) is 2.65. The van der Waals surface area contributed by atoms with Crippen molar-refractivity contribution in [3.63, 3.8) is 0 Å². The molecule has 1 aliphatic carbocycles. The summed E-state index contributed by atoms with van der Waals surface area (Å²) in [6.07, 6.45) is 1.77. The Morgan fingerprint density at radius 1 is 1.36 bits per heavy atom. The lowest BCUT2D eigenvalue weighted by molar-refractivity contribution is -0.384. The standard InChI is InChI=1S/C16H15N3O6/c1-9(20)13-14(21)17(8-10-5-6-10)16(23)18(15(13)22)11-3-2-4-12(7-11)19(24)25/h2-4,7,10,21H,5-6,8H2,1H3. The van der Waals surface area contributed by atoms with Crippen LogP contribution in [0.2, 0.25) is 0 Å². The maximum absolute atomic E-state index is 12.7. The van der Waals surface area contributed by atoms with Crippen LogP contribution in [0.15, 0.2) is 33.9 Å². The first-order valence-corrected chi connectivity index (χ1v) is 7.66. The summed E-state index contributed by atoms with van der Waals surface area (Å²) >= 11 is 0. The minimum absolute atomic E-state index is 0.0313. The zero-order valence-electron chi connectivity index (χ0n) is 13.3.